The summed E-state index contributed by atoms with van der Waals surface area (Å²) < 4.78 is 17.6. The zero-order valence-corrected chi connectivity index (χ0v) is 19.1. The normalized spacial score (nSPS) is 7.48. The van der Waals surface area contributed by atoms with Gasteiger partial charge in [-0.1, -0.05) is 0 Å². The number of alkyl halides is 2. The van der Waals surface area contributed by atoms with Crippen molar-refractivity contribution >= 4 is 47.1 Å². The third kappa shape index (κ3) is 113. The highest BCUT2D eigenvalue weighted by Crippen LogP contribution is 1.73. The summed E-state index contributed by atoms with van der Waals surface area (Å²) in [5.74, 6) is -0.843. The fraction of sp³-hybridized carbons (Fsp3) is 0.765. The molecule has 10 heteroatoms. The second-order valence-electron chi connectivity index (χ2n) is 3.80. The van der Waals surface area contributed by atoms with Gasteiger partial charge in [0.15, 0.2) is 0 Å². The van der Waals surface area contributed by atoms with E-state index in [0.29, 0.717) is 26.4 Å². The van der Waals surface area contributed by atoms with Gasteiger partial charge in [0.1, 0.15) is 0 Å². The number of carbonyl (C=O) groups excluding carboxylic acids is 4. The van der Waals surface area contributed by atoms with E-state index >= 15 is 0 Å². The molecule has 0 radical (unpaired) electrons. The second kappa shape index (κ2) is 35.5. The maximum absolute atomic E-state index is 9.82. The summed E-state index contributed by atoms with van der Waals surface area (Å²) in [6.45, 7) is 14.6. The fourth-order valence-corrected chi connectivity index (χ4v) is 0.813. The molecule has 0 aromatic rings. The summed E-state index contributed by atoms with van der Waals surface area (Å²) in [4.78, 5) is 39.3. The molecule has 0 amide bonds. The fourth-order valence-electron chi connectivity index (χ4n) is 0.813. The highest BCUT2D eigenvalue weighted by molar-refractivity contribution is 6.40. The Kier molecular flexibility index (Phi) is 47.9. The molecular formula is C17H34Cl2O8. The first-order valence-corrected chi connectivity index (χ1v) is 9.22. The molecule has 0 saturated heterocycles. The Labute approximate surface area is 172 Å². The smallest absolute Gasteiger partial charge is 0.302 e. The molecule has 0 N–H and O–H groups in total. The van der Waals surface area contributed by atoms with E-state index in [9.17, 15) is 19.2 Å². The van der Waals surface area contributed by atoms with Crippen LogP contribution in [0.15, 0.2) is 0 Å². The van der Waals surface area contributed by atoms with Crippen LogP contribution in [0.5, 0.6) is 0 Å². The van der Waals surface area contributed by atoms with E-state index in [1.165, 1.54) is 27.7 Å². The summed E-state index contributed by atoms with van der Waals surface area (Å²) in [5.41, 5.74) is 0. The Bertz CT molecular complexity index is 286. The maximum atomic E-state index is 9.82. The SMILES string of the molecule is CCOC(C)=O.CCOC(C)=O.CCOC(C)=O.CCOC(C)=O.ClCCl. The van der Waals surface area contributed by atoms with E-state index in [-0.39, 0.29) is 29.2 Å². The predicted octanol–water partition coefficient (Wildman–Crippen LogP) is 3.70. The molecular weight excluding hydrogens is 403 g/mol. The van der Waals surface area contributed by atoms with Crippen molar-refractivity contribution in [3.63, 3.8) is 0 Å². The van der Waals surface area contributed by atoms with E-state index in [1.54, 1.807) is 27.7 Å². The van der Waals surface area contributed by atoms with Crippen molar-refractivity contribution in [2.45, 2.75) is 55.4 Å². The van der Waals surface area contributed by atoms with Crippen molar-refractivity contribution in [3.8, 4) is 0 Å². The van der Waals surface area contributed by atoms with Crippen LogP contribution in [-0.4, -0.2) is 55.6 Å². The molecule has 8 nitrogen and oxygen atoms in total. The molecule has 0 saturated carbocycles. The molecule has 0 aromatic heterocycles. The molecule has 0 spiro atoms. The van der Waals surface area contributed by atoms with Crippen molar-refractivity contribution in [1.82, 2.24) is 0 Å². The monoisotopic (exact) mass is 436 g/mol. The number of hydrogen-bond acceptors (Lipinski definition) is 8. The molecule has 0 aliphatic carbocycles. The lowest BCUT2D eigenvalue weighted by atomic mass is 10.8. The Balaban J connectivity index is -0.0000000760. The summed E-state index contributed by atoms with van der Waals surface area (Å²) in [6.07, 6.45) is 0. The predicted molar refractivity (Wildman–Crippen MR) is 106 cm³/mol. The Hall–Kier alpha value is -1.54. The summed E-state index contributed by atoms with van der Waals surface area (Å²) in [7, 11) is 0. The van der Waals surface area contributed by atoms with E-state index in [2.05, 4.69) is 18.9 Å². The molecule has 0 heterocycles. The van der Waals surface area contributed by atoms with Gasteiger partial charge in [0.2, 0.25) is 0 Å². The number of rotatable bonds is 4. The van der Waals surface area contributed by atoms with Crippen LogP contribution >= 0.6 is 23.2 Å². The number of esters is 4. The molecule has 0 atom stereocenters. The first kappa shape index (κ1) is 36.4. The van der Waals surface area contributed by atoms with Gasteiger partial charge >= 0.3 is 23.9 Å². The van der Waals surface area contributed by atoms with Crippen molar-refractivity contribution in [2.24, 2.45) is 0 Å². The Morgan fingerprint density at radius 2 is 0.630 bits per heavy atom. The first-order valence-electron chi connectivity index (χ1n) is 8.15. The van der Waals surface area contributed by atoms with Crippen LogP contribution in [-0.2, 0) is 38.1 Å². The van der Waals surface area contributed by atoms with Gasteiger partial charge in [-0.25, -0.2) is 0 Å². The van der Waals surface area contributed by atoms with Gasteiger partial charge in [-0.05, 0) is 27.7 Å². The lowest BCUT2D eigenvalue weighted by Gasteiger charge is -1.89. The quantitative estimate of drug-likeness (QED) is 0.373. The minimum atomic E-state index is -0.211. The second-order valence-corrected chi connectivity index (χ2v) is 4.61. The Morgan fingerprint density at radius 1 is 0.519 bits per heavy atom. The highest BCUT2D eigenvalue weighted by Gasteiger charge is 1.83. The van der Waals surface area contributed by atoms with Crippen molar-refractivity contribution in [1.29, 1.82) is 0 Å². The molecule has 0 bridgehead atoms. The minimum absolute atomic E-state index is 0.194. The first-order chi connectivity index (χ1) is 12.5. The molecule has 27 heavy (non-hydrogen) atoms. The van der Waals surface area contributed by atoms with Crippen molar-refractivity contribution in [2.75, 3.05) is 31.8 Å². The molecule has 0 unspecified atom stereocenters. The van der Waals surface area contributed by atoms with Crippen molar-refractivity contribution in [3.05, 3.63) is 0 Å². The number of hydrogen-bond donors (Lipinski definition) is 0. The molecule has 0 fully saturated rings. The van der Waals surface area contributed by atoms with Gasteiger partial charge < -0.3 is 18.9 Å². The van der Waals surface area contributed by atoms with Crippen LogP contribution in [0, 0.1) is 0 Å². The third-order valence-electron chi connectivity index (χ3n) is 1.39. The van der Waals surface area contributed by atoms with Gasteiger partial charge in [-0.2, -0.15) is 0 Å². The maximum Gasteiger partial charge on any atom is 0.302 e. The lowest BCUT2D eigenvalue weighted by Crippen LogP contribution is -1.95. The van der Waals surface area contributed by atoms with Crippen LogP contribution in [0.25, 0.3) is 0 Å². The van der Waals surface area contributed by atoms with E-state index in [0.717, 1.165) is 0 Å². The van der Waals surface area contributed by atoms with Crippen LogP contribution in [0.2, 0.25) is 0 Å². The number of carbonyl (C=O) groups is 4. The summed E-state index contributed by atoms with van der Waals surface area (Å²) in [5, 5.41) is 0.194. The zero-order valence-electron chi connectivity index (χ0n) is 17.6. The van der Waals surface area contributed by atoms with Gasteiger partial charge in [-0.3, -0.25) is 19.2 Å². The third-order valence-corrected chi connectivity index (χ3v) is 1.39. The van der Waals surface area contributed by atoms with Gasteiger partial charge in [0.05, 0.1) is 31.8 Å². The van der Waals surface area contributed by atoms with E-state index in [4.69, 9.17) is 23.2 Å². The van der Waals surface area contributed by atoms with Crippen LogP contribution in [0.3, 0.4) is 0 Å². The highest BCUT2D eigenvalue weighted by atomic mass is 35.5. The van der Waals surface area contributed by atoms with E-state index < -0.39 is 0 Å². The molecule has 164 valence electrons. The molecule has 0 aromatic carbocycles. The summed E-state index contributed by atoms with van der Waals surface area (Å²) in [6, 6.07) is 0. The zero-order chi connectivity index (χ0) is 22.7. The minimum Gasteiger partial charge on any atom is -0.466 e. The number of halogens is 2. The Morgan fingerprint density at radius 3 is 0.630 bits per heavy atom. The summed E-state index contributed by atoms with van der Waals surface area (Å²) >= 11 is 9.53. The van der Waals surface area contributed by atoms with Gasteiger partial charge in [0.25, 0.3) is 0 Å². The van der Waals surface area contributed by atoms with Gasteiger partial charge in [0, 0.05) is 27.7 Å². The van der Waals surface area contributed by atoms with Crippen LogP contribution in [0.4, 0.5) is 0 Å². The van der Waals surface area contributed by atoms with Crippen molar-refractivity contribution < 1.29 is 38.1 Å². The van der Waals surface area contributed by atoms with E-state index in [1.807, 2.05) is 0 Å². The molecule has 0 rings (SSSR count). The topological polar surface area (TPSA) is 105 Å². The molecule has 0 aliphatic rings. The largest absolute Gasteiger partial charge is 0.466 e. The average molecular weight is 437 g/mol. The van der Waals surface area contributed by atoms with Gasteiger partial charge in [-0.15, -0.1) is 23.2 Å². The van der Waals surface area contributed by atoms with Crippen LogP contribution in [0.1, 0.15) is 55.4 Å². The standard InChI is InChI=1S/4C4H8O2.CH2Cl2/c4*1-3-6-4(2)5;2-1-3/h4*3H2,1-2H3;1H2. The van der Waals surface area contributed by atoms with Crippen LogP contribution < -0.4 is 0 Å². The molecule has 0 aliphatic heterocycles. The number of ether oxygens (including phenoxy) is 4. The lowest BCUT2D eigenvalue weighted by molar-refractivity contribution is -0.141. The average Bonchev–Trinajstić information content (AvgIpc) is 2.49.